The molecule has 0 saturated carbocycles. The molecule has 5 nitrogen and oxygen atoms in total. The zero-order valence-electron chi connectivity index (χ0n) is 15.6. The molecule has 3 rings (SSSR count). The lowest BCUT2D eigenvalue weighted by molar-refractivity contribution is 0.0993. The van der Waals surface area contributed by atoms with Gasteiger partial charge in [-0.1, -0.05) is 38.1 Å². The normalized spacial score (nSPS) is 10.7. The summed E-state index contributed by atoms with van der Waals surface area (Å²) in [4.78, 5) is 24.9. The van der Waals surface area contributed by atoms with E-state index in [0.717, 1.165) is 16.8 Å². The summed E-state index contributed by atoms with van der Waals surface area (Å²) in [5.74, 6) is -0.0693. The van der Waals surface area contributed by atoms with Gasteiger partial charge in [0.05, 0.1) is 6.26 Å². The number of hydrogen-bond acceptors (Lipinski definition) is 3. The number of benzene rings is 2. The molecular formula is C22H22N2O3. The quantitative estimate of drug-likeness (QED) is 0.654. The molecule has 5 heteroatoms. The van der Waals surface area contributed by atoms with E-state index >= 15 is 0 Å². The van der Waals surface area contributed by atoms with Crippen LogP contribution in [0.1, 0.15) is 51.8 Å². The molecule has 1 heterocycles. The van der Waals surface area contributed by atoms with Crippen molar-refractivity contribution in [3.63, 3.8) is 0 Å². The molecule has 0 spiro atoms. The van der Waals surface area contributed by atoms with Crippen LogP contribution in [0.2, 0.25) is 0 Å². The summed E-state index contributed by atoms with van der Waals surface area (Å²) in [6.45, 7) is 6.03. The van der Waals surface area contributed by atoms with Crippen molar-refractivity contribution in [2.24, 2.45) is 0 Å². The van der Waals surface area contributed by atoms with Crippen LogP contribution in [-0.4, -0.2) is 11.8 Å². The first-order chi connectivity index (χ1) is 13.0. The number of carbonyl (C=O) groups is 2. The predicted molar refractivity (Wildman–Crippen MR) is 106 cm³/mol. The SMILES string of the molecule is Cc1ccc(C(=O)Nc2ccccc2C(C)C)cc1NC(=O)c1ccco1. The molecule has 0 atom stereocenters. The van der Waals surface area contributed by atoms with E-state index in [4.69, 9.17) is 4.42 Å². The zero-order chi connectivity index (χ0) is 19.4. The topological polar surface area (TPSA) is 71.3 Å². The van der Waals surface area contributed by atoms with Crippen LogP contribution in [0.5, 0.6) is 0 Å². The number of furan rings is 1. The van der Waals surface area contributed by atoms with Gasteiger partial charge in [-0.05, 0) is 54.3 Å². The molecule has 0 aliphatic rings. The van der Waals surface area contributed by atoms with Gasteiger partial charge in [-0.2, -0.15) is 0 Å². The van der Waals surface area contributed by atoms with E-state index in [1.54, 1.807) is 30.3 Å². The highest BCUT2D eigenvalue weighted by atomic mass is 16.3. The first-order valence-corrected chi connectivity index (χ1v) is 8.81. The second kappa shape index (κ2) is 7.91. The van der Waals surface area contributed by atoms with Crippen LogP contribution in [0, 0.1) is 6.92 Å². The van der Waals surface area contributed by atoms with Gasteiger partial charge >= 0.3 is 0 Å². The highest BCUT2D eigenvalue weighted by molar-refractivity contribution is 6.07. The van der Waals surface area contributed by atoms with Gasteiger partial charge in [0.1, 0.15) is 0 Å². The molecule has 2 N–H and O–H groups in total. The van der Waals surface area contributed by atoms with Crippen molar-refractivity contribution in [2.45, 2.75) is 26.7 Å². The minimum Gasteiger partial charge on any atom is -0.459 e. The van der Waals surface area contributed by atoms with Gasteiger partial charge < -0.3 is 15.1 Å². The summed E-state index contributed by atoms with van der Waals surface area (Å²) in [5, 5.41) is 5.75. The number of para-hydroxylation sites is 1. The van der Waals surface area contributed by atoms with Crippen molar-refractivity contribution in [3.05, 3.63) is 83.3 Å². The Hall–Kier alpha value is -3.34. The summed E-state index contributed by atoms with van der Waals surface area (Å²) in [7, 11) is 0. The number of amides is 2. The van der Waals surface area contributed by atoms with E-state index in [1.807, 2.05) is 31.2 Å². The maximum atomic E-state index is 12.7. The Morgan fingerprint density at radius 1 is 0.889 bits per heavy atom. The number of nitrogens with one attached hydrogen (secondary N) is 2. The molecular weight excluding hydrogens is 340 g/mol. The van der Waals surface area contributed by atoms with E-state index in [9.17, 15) is 9.59 Å². The summed E-state index contributed by atoms with van der Waals surface area (Å²) < 4.78 is 5.11. The largest absolute Gasteiger partial charge is 0.459 e. The minimum absolute atomic E-state index is 0.218. The van der Waals surface area contributed by atoms with Crippen LogP contribution < -0.4 is 10.6 Å². The third kappa shape index (κ3) is 4.26. The molecule has 0 aliphatic carbocycles. The lowest BCUT2D eigenvalue weighted by Crippen LogP contribution is -2.16. The first kappa shape index (κ1) is 18.5. The van der Waals surface area contributed by atoms with Gasteiger partial charge in [0.2, 0.25) is 0 Å². The van der Waals surface area contributed by atoms with Crippen LogP contribution in [0.4, 0.5) is 11.4 Å². The number of anilines is 2. The van der Waals surface area contributed by atoms with Gasteiger partial charge in [-0.25, -0.2) is 0 Å². The number of aryl methyl sites for hydroxylation is 1. The van der Waals surface area contributed by atoms with Crippen molar-refractivity contribution in [3.8, 4) is 0 Å². The van der Waals surface area contributed by atoms with E-state index < -0.39 is 0 Å². The number of carbonyl (C=O) groups excluding carboxylic acids is 2. The Labute approximate surface area is 158 Å². The molecule has 2 aromatic carbocycles. The maximum Gasteiger partial charge on any atom is 0.291 e. The fraction of sp³-hybridized carbons (Fsp3) is 0.182. The molecule has 2 amide bonds. The number of rotatable bonds is 5. The highest BCUT2D eigenvalue weighted by Crippen LogP contribution is 2.25. The van der Waals surface area contributed by atoms with Crippen molar-refractivity contribution in [1.82, 2.24) is 0 Å². The second-order valence-corrected chi connectivity index (χ2v) is 6.66. The van der Waals surface area contributed by atoms with Crippen LogP contribution in [-0.2, 0) is 0 Å². The molecule has 0 bridgehead atoms. The van der Waals surface area contributed by atoms with Crippen LogP contribution in [0.3, 0.4) is 0 Å². The van der Waals surface area contributed by atoms with Gasteiger partial charge in [0, 0.05) is 16.9 Å². The monoisotopic (exact) mass is 362 g/mol. The van der Waals surface area contributed by atoms with Gasteiger partial charge in [-0.3, -0.25) is 9.59 Å². The molecule has 0 radical (unpaired) electrons. The Morgan fingerprint density at radius 3 is 2.33 bits per heavy atom. The minimum atomic E-state index is -0.356. The maximum absolute atomic E-state index is 12.7. The fourth-order valence-electron chi connectivity index (χ4n) is 2.80. The lowest BCUT2D eigenvalue weighted by atomic mass is 10.0. The summed E-state index contributed by atoms with van der Waals surface area (Å²) in [6.07, 6.45) is 1.44. The van der Waals surface area contributed by atoms with Gasteiger partial charge in [-0.15, -0.1) is 0 Å². The standard InChI is InChI=1S/C22H22N2O3/c1-14(2)17-7-4-5-8-18(17)23-21(25)16-11-10-15(3)19(13-16)24-22(26)20-9-6-12-27-20/h4-14H,1-3H3,(H,23,25)(H,24,26). The van der Waals surface area contributed by atoms with Crippen molar-refractivity contribution in [2.75, 3.05) is 10.6 Å². The van der Waals surface area contributed by atoms with Crippen LogP contribution >= 0.6 is 0 Å². The Morgan fingerprint density at radius 2 is 1.63 bits per heavy atom. The van der Waals surface area contributed by atoms with Crippen molar-refractivity contribution in [1.29, 1.82) is 0 Å². The van der Waals surface area contributed by atoms with Gasteiger partial charge in [0.15, 0.2) is 5.76 Å². The van der Waals surface area contributed by atoms with Crippen LogP contribution in [0.25, 0.3) is 0 Å². The lowest BCUT2D eigenvalue weighted by Gasteiger charge is -2.14. The third-order valence-electron chi connectivity index (χ3n) is 4.32. The molecule has 1 aromatic heterocycles. The average molecular weight is 362 g/mol. The number of hydrogen-bond donors (Lipinski definition) is 2. The molecule has 0 aliphatic heterocycles. The zero-order valence-corrected chi connectivity index (χ0v) is 15.6. The Bertz CT molecular complexity index is 959. The first-order valence-electron chi connectivity index (χ1n) is 8.81. The summed E-state index contributed by atoms with van der Waals surface area (Å²) in [5.41, 5.74) is 3.76. The van der Waals surface area contributed by atoms with E-state index in [-0.39, 0.29) is 17.6 Å². The summed E-state index contributed by atoms with van der Waals surface area (Å²) >= 11 is 0. The Kier molecular flexibility index (Phi) is 5.41. The molecule has 0 saturated heterocycles. The average Bonchev–Trinajstić information content (AvgIpc) is 3.18. The van der Waals surface area contributed by atoms with E-state index in [0.29, 0.717) is 17.2 Å². The molecule has 0 fully saturated rings. The molecule has 138 valence electrons. The van der Waals surface area contributed by atoms with E-state index in [1.165, 1.54) is 6.26 Å². The van der Waals surface area contributed by atoms with Crippen molar-refractivity contribution < 1.29 is 14.0 Å². The second-order valence-electron chi connectivity index (χ2n) is 6.66. The van der Waals surface area contributed by atoms with E-state index in [2.05, 4.69) is 24.5 Å². The van der Waals surface area contributed by atoms with Crippen molar-refractivity contribution >= 4 is 23.2 Å². The molecule has 0 unspecified atom stereocenters. The van der Waals surface area contributed by atoms with Crippen LogP contribution in [0.15, 0.2) is 65.3 Å². The third-order valence-corrected chi connectivity index (χ3v) is 4.32. The summed E-state index contributed by atoms with van der Waals surface area (Å²) in [6, 6.07) is 16.2. The predicted octanol–water partition coefficient (Wildman–Crippen LogP) is 5.22. The smallest absolute Gasteiger partial charge is 0.291 e. The fourth-order valence-corrected chi connectivity index (χ4v) is 2.80. The highest BCUT2D eigenvalue weighted by Gasteiger charge is 2.14. The molecule has 3 aromatic rings. The van der Waals surface area contributed by atoms with Gasteiger partial charge in [0.25, 0.3) is 11.8 Å². The Balaban J connectivity index is 1.81. The molecule has 27 heavy (non-hydrogen) atoms.